The van der Waals surface area contributed by atoms with Gasteiger partial charge in [0.1, 0.15) is 0 Å². The summed E-state index contributed by atoms with van der Waals surface area (Å²) in [6.07, 6.45) is 0. The van der Waals surface area contributed by atoms with Crippen LogP contribution >= 0.6 is 12.4 Å². The molecule has 0 atom stereocenters. The van der Waals surface area contributed by atoms with E-state index in [0.717, 1.165) is 0 Å². The molecule has 0 bridgehead atoms. The number of benzene rings is 1. The largest absolute Gasteiger partial charge is 0.366 e. The Morgan fingerprint density at radius 2 is 1.77 bits per heavy atom. The van der Waals surface area contributed by atoms with Gasteiger partial charge in [0.25, 0.3) is 0 Å². The van der Waals surface area contributed by atoms with Crippen molar-refractivity contribution in [1.29, 1.82) is 0 Å². The Kier molecular flexibility index (Phi) is 4.14. The van der Waals surface area contributed by atoms with Crippen LogP contribution in [0.25, 0.3) is 0 Å². The SMILES string of the molecule is CC(=O)c1cccc(C(N)=O)c1.Cl. The zero-order valence-electron chi connectivity index (χ0n) is 7.11. The van der Waals surface area contributed by atoms with Gasteiger partial charge in [-0.2, -0.15) is 0 Å². The zero-order chi connectivity index (χ0) is 9.14. The predicted octanol–water partition coefficient (Wildman–Crippen LogP) is 1.41. The van der Waals surface area contributed by atoms with Crippen molar-refractivity contribution in [1.82, 2.24) is 0 Å². The molecule has 0 spiro atoms. The molecule has 0 saturated heterocycles. The molecular weight excluding hydrogens is 190 g/mol. The normalized spacial score (nSPS) is 8.69. The molecule has 70 valence electrons. The molecule has 1 aromatic rings. The van der Waals surface area contributed by atoms with Crippen molar-refractivity contribution >= 4 is 24.1 Å². The van der Waals surface area contributed by atoms with Crippen LogP contribution in [0.4, 0.5) is 0 Å². The number of amides is 1. The number of carbonyl (C=O) groups excluding carboxylic acids is 2. The third-order valence-electron chi connectivity index (χ3n) is 1.55. The highest BCUT2D eigenvalue weighted by molar-refractivity contribution is 5.98. The quantitative estimate of drug-likeness (QED) is 0.733. The molecule has 0 aliphatic carbocycles. The molecule has 0 aliphatic heterocycles. The number of carbonyl (C=O) groups is 2. The van der Waals surface area contributed by atoms with Crippen LogP contribution in [0.2, 0.25) is 0 Å². The van der Waals surface area contributed by atoms with Crippen molar-refractivity contribution in [2.75, 3.05) is 0 Å². The number of nitrogens with two attached hydrogens (primary N) is 1. The topological polar surface area (TPSA) is 60.2 Å². The molecule has 0 aromatic heterocycles. The van der Waals surface area contributed by atoms with E-state index in [-0.39, 0.29) is 18.2 Å². The first-order chi connectivity index (χ1) is 5.61. The lowest BCUT2D eigenvalue weighted by Crippen LogP contribution is -2.11. The Balaban J connectivity index is 0.00000144. The number of ketones is 1. The van der Waals surface area contributed by atoms with Crippen LogP contribution in [0, 0.1) is 0 Å². The molecule has 1 rings (SSSR count). The van der Waals surface area contributed by atoms with Crippen LogP contribution in [0.3, 0.4) is 0 Å². The Hall–Kier alpha value is -1.35. The molecular formula is C9H10ClNO2. The molecule has 1 amide bonds. The zero-order valence-corrected chi connectivity index (χ0v) is 7.93. The number of primary amides is 1. The van der Waals surface area contributed by atoms with Gasteiger partial charge in [-0.15, -0.1) is 12.4 Å². The van der Waals surface area contributed by atoms with E-state index in [2.05, 4.69) is 0 Å². The van der Waals surface area contributed by atoms with Crippen LogP contribution in [-0.4, -0.2) is 11.7 Å². The molecule has 4 heteroatoms. The minimum atomic E-state index is -0.516. The molecule has 0 radical (unpaired) electrons. The maximum atomic E-state index is 10.9. The Labute approximate surface area is 82.3 Å². The fraction of sp³-hybridized carbons (Fsp3) is 0.111. The van der Waals surface area contributed by atoms with Crippen LogP contribution in [0.1, 0.15) is 27.6 Å². The third-order valence-corrected chi connectivity index (χ3v) is 1.55. The van der Waals surface area contributed by atoms with Gasteiger partial charge in [0.15, 0.2) is 5.78 Å². The van der Waals surface area contributed by atoms with E-state index in [1.807, 2.05) is 0 Å². The summed E-state index contributed by atoms with van der Waals surface area (Å²) in [7, 11) is 0. The lowest BCUT2D eigenvalue weighted by Gasteiger charge is -1.97. The summed E-state index contributed by atoms with van der Waals surface area (Å²) in [5.41, 5.74) is 5.90. The van der Waals surface area contributed by atoms with Crippen molar-refractivity contribution in [3.63, 3.8) is 0 Å². The third kappa shape index (κ3) is 2.87. The second-order valence-corrected chi connectivity index (χ2v) is 2.50. The second kappa shape index (κ2) is 4.62. The maximum absolute atomic E-state index is 10.9. The lowest BCUT2D eigenvalue weighted by molar-refractivity contribution is 0.1000. The standard InChI is InChI=1S/C9H9NO2.ClH/c1-6(11)7-3-2-4-8(5-7)9(10)12;/h2-5H,1H3,(H2,10,12);1H. The summed E-state index contributed by atoms with van der Waals surface area (Å²) in [6, 6.07) is 6.35. The molecule has 3 nitrogen and oxygen atoms in total. The molecule has 13 heavy (non-hydrogen) atoms. The van der Waals surface area contributed by atoms with Crippen molar-refractivity contribution in [3.05, 3.63) is 35.4 Å². The molecule has 0 unspecified atom stereocenters. The highest BCUT2D eigenvalue weighted by atomic mass is 35.5. The van der Waals surface area contributed by atoms with Gasteiger partial charge in [-0.3, -0.25) is 9.59 Å². The molecule has 2 N–H and O–H groups in total. The first-order valence-electron chi connectivity index (χ1n) is 3.52. The van der Waals surface area contributed by atoms with E-state index >= 15 is 0 Å². The van der Waals surface area contributed by atoms with Gasteiger partial charge in [0, 0.05) is 11.1 Å². The number of halogens is 1. The van der Waals surface area contributed by atoms with E-state index in [9.17, 15) is 9.59 Å². The lowest BCUT2D eigenvalue weighted by atomic mass is 10.1. The minimum absolute atomic E-state index is 0. The van der Waals surface area contributed by atoms with E-state index < -0.39 is 5.91 Å². The highest BCUT2D eigenvalue weighted by Crippen LogP contribution is 2.04. The summed E-state index contributed by atoms with van der Waals surface area (Å²) in [5, 5.41) is 0. The molecule has 0 saturated carbocycles. The summed E-state index contributed by atoms with van der Waals surface area (Å²) < 4.78 is 0. The Morgan fingerprint density at radius 3 is 2.23 bits per heavy atom. The van der Waals surface area contributed by atoms with Crippen LogP contribution < -0.4 is 5.73 Å². The first kappa shape index (κ1) is 11.6. The number of hydrogen-bond acceptors (Lipinski definition) is 2. The van der Waals surface area contributed by atoms with Gasteiger partial charge in [-0.05, 0) is 19.1 Å². The number of hydrogen-bond donors (Lipinski definition) is 1. The van der Waals surface area contributed by atoms with Crippen molar-refractivity contribution in [3.8, 4) is 0 Å². The van der Waals surface area contributed by atoms with E-state index in [0.29, 0.717) is 11.1 Å². The monoisotopic (exact) mass is 199 g/mol. The van der Waals surface area contributed by atoms with Gasteiger partial charge in [-0.1, -0.05) is 12.1 Å². The summed E-state index contributed by atoms with van der Waals surface area (Å²) in [4.78, 5) is 21.6. The predicted molar refractivity (Wildman–Crippen MR) is 52.2 cm³/mol. The first-order valence-corrected chi connectivity index (χ1v) is 3.52. The van der Waals surface area contributed by atoms with Crippen LogP contribution in [0.15, 0.2) is 24.3 Å². The second-order valence-electron chi connectivity index (χ2n) is 2.50. The molecule has 0 heterocycles. The maximum Gasteiger partial charge on any atom is 0.248 e. The van der Waals surface area contributed by atoms with E-state index in [1.165, 1.54) is 13.0 Å². The van der Waals surface area contributed by atoms with Crippen molar-refractivity contribution < 1.29 is 9.59 Å². The molecule has 0 aliphatic rings. The van der Waals surface area contributed by atoms with Crippen molar-refractivity contribution in [2.45, 2.75) is 6.92 Å². The van der Waals surface area contributed by atoms with Gasteiger partial charge in [-0.25, -0.2) is 0 Å². The average molecular weight is 200 g/mol. The fourth-order valence-corrected chi connectivity index (χ4v) is 0.891. The summed E-state index contributed by atoms with van der Waals surface area (Å²) in [6.45, 7) is 1.44. The van der Waals surface area contributed by atoms with Gasteiger partial charge >= 0.3 is 0 Å². The van der Waals surface area contributed by atoms with Gasteiger partial charge < -0.3 is 5.73 Å². The van der Waals surface area contributed by atoms with Crippen molar-refractivity contribution in [2.24, 2.45) is 5.73 Å². The highest BCUT2D eigenvalue weighted by Gasteiger charge is 2.03. The molecule has 0 fully saturated rings. The Morgan fingerprint density at radius 1 is 1.23 bits per heavy atom. The van der Waals surface area contributed by atoms with Gasteiger partial charge in [0.05, 0.1) is 0 Å². The summed E-state index contributed by atoms with van der Waals surface area (Å²) in [5.74, 6) is -0.587. The number of rotatable bonds is 2. The van der Waals surface area contributed by atoms with E-state index in [1.54, 1.807) is 18.2 Å². The minimum Gasteiger partial charge on any atom is -0.366 e. The van der Waals surface area contributed by atoms with Crippen LogP contribution in [-0.2, 0) is 0 Å². The smallest absolute Gasteiger partial charge is 0.248 e. The number of Topliss-reactive ketones (excluding diaryl/α,β-unsaturated/α-hetero) is 1. The molecule has 1 aromatic carbocycles. The van der Waals surface area contributed by atoms with Gasteiger partial charge in [0.2, 0.25) is 5.91 Å². The summed E-state index contributed by atoms with van der Waals surface area (Å²) >= 11 is 0. The Bertz CT molecular complexity index is 307. The van der Waals surface area contributed by atoms with E-state index in [4.69, 9.17) is 5.73 Å². The average Bonchev–Trinajstić information content (AvgIpc) is 2.04. The van der Waals surface area contributed by atoms with Crippen LogP contribution in [0.5, 0.6) is 0 Å². The fourth-order valence-electron chi connectivity index (χ4n) is 0.891.